The van der Waals surface area contributed by atoms with Crippen LogP contribution in [0.4, 0.5) is 0 Å². The highest BCUT2D eigenvalue weighted by atomic mass is 32.2. The zero-order valence-corrected chi connectivity index (χ0v) is 10.2. The number of aromatic nitrogens is 2. The van der Waals surface area contributed by atoms with Crippen LogP contribution in [0.2, 0.25) is 0 Å². The molecule has 2 aromatic rings. The molecule has 0 saturated carbocycles. The van der Waals surface area contributed by atoms with Gasteiger partial charge in [-0.25, -0.2) is 4.98 Å². The fourth-order valence-electron chi connectivity index (χ4n) is 1.60. The largest absolute Gasteiger partial charge is 0.390 e. The Balaban J connectivity index is 2.29. The van der Waals surface area contributed by atoms with Gasteiger partial charge in [-0.3, -0.25) is 0 Å². The van der Waals surface area contributed by atoms with Gasteiger partial charge in [0.25, 0.3) is 0 Å². The maximum Gasteiger partial charge on any atom is 0.138 e. The molecule has 0 aliphatic rings. The minimum Gasteiger partial charge on any atom is -0.390 e. The second-order valence-electron chi connectivity index (χ2n) is 3.65. The van der Waals surface area contributed by atoms with E-state index in [4.69, 9.17) is 0 Å². The fourth-order valence-corrected chi connectivity index (χ4v) is 2.71. The number of aliphatic hydroxyl groups excluding tert-OH is 1. The number of rotatable bonds is 5. The van der Waals surface area contributed by atoms with Crippen molar-refractivity contribution in [1.82, 2.24) is 9.38 Å². The molecule has 0 spiro atoms. The molecule has 4 heteroatoms. The highest BCUT2D eigenvalue weighted by Crippen LogP contribution is 2.24. The minimum absolute atomic E-state index is 0.0413. The summed E-state index contributed by atoms with van der Waals surface area (Å²) in [4.78, 5) is 4.52. The first-order valence-corrected chi connectivity index (χ1v) is 6.55. The summed E-state index contributed by atoms with van der Waals surface area (Å²) in [5.74, 6) is 1.06. The number of aliphatic hydroxyl groups is 1. The second-order valence-corrected chi connectivity index (χ2v) is 4.74. The van der Waals surface area contributed by atoms with Crippen LogP contribution in [0, 0.1) is 0 Å². The molecule has 0 radical (unpaired) electrons. The molecular formula is C12H16N2OS. The van der Waals surface area contributed by atoms with Crippen molar-refractivity contribution in [2.45, 2.75) is 31.4 Å². The number of hydrogen-bond donors (Lipinski definition) is 1. The van der Waals surface area contributed by atoms with Crippen LogP contribution in [-0.4, -0.2) is 20.2 Å². The number of fused-ring (bicyclic) bond motifs is 1. The van der Waals surface area contributed by atoms with Gasteiger partial charge in [-0.2, -0.15) is 0 Å². The highest BCUT2D eigenvalue weighted by Gasteiger charge is 2.10. The van der Waals surface area contributed by atoms with Gasteiger partial charge in [-0.15, -0.1) is 11.8 Å². The van der Waals surface area contributed by atoms with Gasteiger partial charge in [0.2, 0.25) is 0 Å². The summed E-state index contributed by atoms with van der Waals surface area (Å²) in [7, 11) is 0. The molecule has 16 heavy (non-hydrogen) atoms. The molecular weight excluding hydrogens is 220 g/mol. The van der Waals surface area contributed by atoms with Crippen LogP contribution in [-0.2, 0) is 6.61 Å². The van der Waals surface area contributed by atoms with E-state index in [1.54, 1.807) is 11.8 Å². The third-order valence-electron chi connectivity index (χ3n) is 2.48. The van der Waals surface area contributed by atoms with Crippen molar-refractivity contribution in [2.24, 2.45) is 0 Å². The van der Waals surface area contributed by atoms with E-state index in [1.165, 1.54) is 12.8 Å². The van der Waals surface area contributed by atoms with Gasteiger partial charge in [0.15, 0.2) is 0 Å². The van der Waals surface area contributed by atoms with E-state index >= 15 is 0 Å². The topological polar surface area (TPSA) is 37.5 Å². The van der Waals surface area contributed by atoms with Crippen molar-refractivity contribution in [3.63, 3.8) is 0 Å². The summed E-state index contributed by atoms with van der Waals surface area (Å²) in [5, 5.41) is 10.3. The van der Waals surface area contributed by atoms with Gasteiger partial charge in [-0.05, 0) is 24.3 Å². The zero-order chi connectivity index (χ0) is 11.4. The van der Waals surface area contributed by atoms with Crippen molar-refractivity contribution in [3.05, 3.63) is 30.1 Å². The van der Waals surface area contributed by atoms with Gasteiger partial charge >= 0.3 is 0 Å². The first-order valence-electron chi connectivity index (χ1n) is 5.56. The summed E-state index contributed by atoms with van der Waals surface area (Å²) in [6, 6.07) is 5.88. The summed E-state index contributed by atoms with van der Waals surface area (Å²) >= 11 is 1.73. The van der Waals surface area contributed by atoms with Gasteiger partial charge in [0.05, 0.1) is 12.3 Å². The fraction of sp³-hybridized carbons (Fsp3) is 0.417. The lowest BCUT2D eigenvalue weighted by molar-refractivity contribution is 0.272. The maximum absolute atomic E-state index is 9.39. The summed E-state index contributed by atoms with van der Waals surface area (Å²) < 4.78 is 1.95. The van der Waals surface area contributed by atoms with E-state index in [2.05, 4.69) is 11.9 Å². The van der Waals surface area contributed by atoms with E-state index in [0.29, 0.717) is 0 Å². The van der Waals surface area contributed by atoms with E-state index in [9.17, 15) is 5.11 Å². The predicted molar refractivity (Wildman–Crippen MR) is 66.7 cm³/mol. The van der Waals surface area contributed by atoms with Crippen LogP contribution in [0.15, 0.2) is 29.4 Å². The maximum atomic E-state index is 9.39. The van der Waals surface area contributed by atoms with E-state index in [1.807, 2.05) is 28.8 Å². The third kappa shape index (κ3) is 2.23. The number of unbranched alkanes of at least 4 members (excludes halogenated alkanes) is 1. The van der Waals surface area contributed by atoms with Crippen molar-refractivity contribution in [1.29, 1.82) is 0 Å². The Morgan fingerprint density at radius 1 is 1.44 bits per heavy atom. The number of imidazole rings is 1. The lowest BCUT2D eigenvalue weighted by Crippen LogP contribution is -1.93. The molecule has 86 valence electrons. The molecule has 0 atom stereocenters. The van der Waals surface area contributed by atoms with Crippen molar-refractivity contribution in [2.75, 3.05) is 5.75 Å². The Labute approximate surface area is 99.5 Å². The third-order valence-corrected chi connectivity index (χ3v) is 3.57. The average Bonchev–Trinajstić information content (AvgIpc) is 2.67. The first-order chi connectivity index (χ1) is 7.86. The molecule has 3 nitrogen and oxygen atoms in total. The molecule has 0 aromatic carbocycles. The summed E-state index contributed by atoms with van der Waals surface area (Å²) in [6.45, 7) is 2.22. The molecule has 0 aliphatic heterocycles. The normalized spacial score (nSPS) is 11.1. The first kappa shape index (κ1) is 11.5. The Hall–Kier alpha value is -1.00. The number of hydrogen-bond acceptors (Lipinski definition) is 3. The van der Waals surface area contributed by atoms with Crippen molar-refractivity contribution in [3.8, 4) is 0 Å². The Morgan fingerprint density at radius 3 is 3.06 bits per heavy atom. The van der Waals surface area contributed by atoms with Crippen LogP contribution < -0.4 is 0 Å². The van der Waals surface area contributed by atoms with Gasteiger partial charge in [0.1, 0.15) is 10.7 Å². The van der Waals surface area contributed by atoms with Crippen LogP contribution in [0.3, 0.4) is 0 Å². The second kappa shape index (κ2) is 5.37. The quantitative estimate of drug-likeness (QED) is 0.640. The standard InChI is InChI=1S/C12H16N2OS/c1-2-3-8-16-12-10(9-15)14-7-5-4-6-11(14)13-12/h4-7,15H,2-3,8-9H2,1H3. The van der Waals surface area contributed by atoms with Gasteiger partial charge in [-0.1, -0.05) is 19.4 Å². The van der Waals surface area contributed by atoms with Gasteiger partial charge < -0.3 is 9.51 Å². The minimum atomic E-state index is 0.0413. The SMILES string of the molecule is CCCCSc1nc2ccccn2c1CO. The van der Waals surface area contributed by atoms with Crippen LogP contribution >= 0.6 is 11.8 Å². The molecule has 2 rings (SSSR count). The number of thioether (sulfide) groups is 1. The molecule has 0 unspecified atom stereocenters. The monoisotopic (exact) mass is 236 g/mol. The Morgan fingerprint density at radius 2 is 2.31 bits per heavy atom. The van der Waals surface area contributed by atoms with Crippen LogP contribution in [0.1, 0.15) is 25.5 Å². The Kier molecular flexibility index (Phi) is 3.85. The smallest absolute Gasteiger partial charge is 0.138 e. The number of nitrogens with zero attached hydrogens (tertiary/aromatic N) is 2. The molecule has 0 fully saturated rings. The molecule has 0 bridgehead atoms. The van der Waals surface area contributed by atoms with Gasteiger partial charge in [0, 0.05) is 6.20 Å². The molecule has 0 saturated heterocycles. The molecule has 2 aromatic heterocycles. The molecule has 0 aliphatic carbocycles. The van der Waals surface area contributed by atoms with E-state index < -0.39 is 0 Å². The van der Waals surface area contributed by atoms with E-state index in [-0.39, 0.29) is 6.61 Å². The molecule has 0 amide bonds. The van der Waals surface area contributed by atoms with Crippen LogP contribution in [0.5, 0.6) is 0 Å². The summed E-state index contributed by atoms with van der Waals surface area (Å²) in [5.41, 5.74) is 1.81. The zero-order valence-electron chi connectivity index (χ0n) is 9.39. The lowest BCUT2D eigenvalue weighted by atomic mass is 10.4. The van der Waals surface area contributed by atoms with E-state index in [0.717, 1.165) is 22.1 Å². The Bertz CT molecular complexity index is 467. The summed E-state index contributed by atoms with van der Waals surface area (Å²) in [6.07, 6.45) is 4.32. The van der Waals surface area contributed by atoms with Crippen molar-refractivity contribution >= 4 is 17.4 Å². The molecule has 1 N–H and O–H groups in total. The predicted octanol–water partition coefficient (Wildman–Crippen LogP) is 2.72. The molecule has 2 heterocycles. The van der Waals surface area contributed by atoms with Crippen LogP contribution in [0.25, 0.3) is 5.65 Å². The average molecular weight is 236 g/mol. The van der Waals surface area contributed by atoms with Crippen molar-refractivity contribution < 1.29 is 5.11 Å². The number of pyridine rings is 1. The highest BCUT2D eigenvalue weighted by molar-refractivity contribution is 7.99. The lowest BCUT2D eigenvalue weighted by Gasteiger charge is -2.00.